The minimum atomic E-state index is 0.293. The number of anilines is 1. The van der Waals surface area contributed by atoms with E-state index in [0.29, 0.717) is 5.54 Å². The van der Waals surface area contributed by atoms with E-state index >= 15 is 0 Å². The normalized spacial score (nSPS) is 18.0. The second-order valence-electron chi connectivity index (χ2n) is 6.02. The van der Waals surface area contributed by atoms with Crippen LogP contribution in [0.4, 0.5) is 5.69 Å². The number of hydrogen-bond acceptors (Lipinski definition) is 2. The first-order valence-corrected chi connectivity index (χ1v) is 8.10. The Hall–Kier alpha value is -0.540. The maximum absolute atomic E-state index is 3.72. The van der Waals surface area contributed by atoms with Crippen molar-refractivity contribution < 1.29 is 0 Å². The van der Waals surface area contributed by atoms with Crippen LogP contribution in [-0.4, -0.2) is 18.6 Å². The molecule has 1 aromatic rings. The predicted octanol–water partition coefficient (Wildman–Crippen LogP) is 4.33. The summed E-state index contributed by atoms with van der Waals surface area (Å²) in [5.41, 5.74) is 2.98. The van der Waals surface area contributed by atoms with Gasteiger partial charge in [-0.05, 0) is 57.4 Å². The van der Waals surface area contributed by atoms with Crippen LogP contribution in [0, 0.1) is 0 Å². The molecule has 0 spiro atoms. The third-order valence-electron chi connectivity index (χ3n) is 3.99. The number of rotatable bonds is 5. The van der Waals surface area contributed by atoms with Crippen LogP contribution in [0.15, 0.2) is 22.7 Å². The van der Waals surface area contributed by atoms with Crippen molar-refractivity contribution >= 4 is 21.6 Å². The molecule has 106 valence electrons. The first-order chi connectivity index (χ1) is 9.04. The molecule has 1 N–H and O–H groups in total. The topological polar surface area (TPSA) is 15.3 Å². The zero-order chi connectivity index (χ0) is 13.9. The summed E-state index contributed by atoms with van der Waals surface area (Å²) in [6, 6.07) is 6.79. The minimum Gasteiger partial charge on any atom is -0.366 e. The molecule has 19 heavy (non-hydrogen) atoms. The van der Waals surface area contributed by atoms with Gasteiger partial charge in [0.25, 0.3) is 0 Å². The highest BCUT2D eigenvalue weighted by Gasteiger charge is 2.31. The van der Waals surface area contributed by atoms with Crippen LogP contribution in [0.1, 0.15) is 45.6 Å². The summed E-state index contributed by atoms with van der Waals surface area (Å²) in [5.74, 6) is 0. The third-order valence-corrected chi connectivity index (χ3v) is 4.73. The molecular formula is C16H25BrN2. The number of nitrogens with zero attached hydrogens (tertiary/aromatic N) is 1. The molecule has 3 heteroatoms. The minimum absolute atomic E-state index is 0.293. The Bertz CT molecular complexity index is 429. The highest BCUT2D eigenvalue weighted by Crippen LogP contribution is 2.35. The van der Waals surface area contributed by atoms with Crippen molar-refractivity contribution in [3.8, 4) is 0 Å². The Balaban J connectivity index is 2.10. The molecule has 0 amide bonds. The van der Waals surface area contributed by atoms with Gasteiger partial charge in [0.15, 0.2) is 0 Å². The fourth-order valence-electron chi connectivity index (χ4n) is 2.83. The summed E-state index contributed by atoms with van der Waals surface area (Å²) in [6.45, 7) is 10.1. The van der Waals surface area contributed by atoms with Crippen molar-refractivity contribution in [1.82, 2.24) is 5.32 Å². The second-order valence-corrected chi connectivity index (χ2v) is 6.87. The van der Waals surface area contributed by atoms with E-state index < -0.39 is 0 Å². The van der Waals surface area contributed by atoms with Gasteiger partial charge in [0.05, 0.1) is 0 Å². The van der Waals surface area contributed by atoms with Gasteiger partial charge in [0.1, 0.15) is 0 Å². The van der Waals surface area contributed by atoms with Gasteiger partial charge in [0, 0.05) is 28.8 Å². The van der Waals surface area contributed by atoms with Crippen LogP contribution in [0.3, 0.4) is 0 Å². The van der Waals surface area contributed by atoms with E-state index in [2.05, 4.69) is 65.1 Å². The molecular weight excluding hydrogens is 300 g/mol. The molecule has 1 aromatic carbocycles. The Morgan fingerprint density at radius 3 is 2.74 bits per heavy atom. The second kappa shape index (κ2) is 6.27. The van der Waals surface area contributed by atoms with Crippen LogP contribution < -0.4 is 10.2 Å². The summed E-state index contributed by atoms with van der Waals surface area (Å²) in [7, 11) is 0. The molecule has 1 aliphatic heterocycles. The van der Waals surface area contributed by atoms with Crippen LogP contribution in [0.25, 0.3) is 0 Å². The van der Waals surface area contributed by atoms with Gasteiger partial charge in [-0.2, -0.15) is 0 Å². The molecule has 1 fully saturated rings. The molecule has 1 aliphatic rings. The highest BCUT2D eigenvalue weighted by atomic mass is 79.9. The summed E-state index contributed by atoms with van der Waals surface area (Å²) in [5, 5.41) is 3.45. The molecule has 0 unspecified atom stereocenters. The molecule has 0 aliphatic carbocycles. The van der Waals surface area contributed by atoms with E-state index in [1.54, 1.807) is 0 Å². The Morgan fingerprint density at radius 1 is 1.37 bits per heavy atom. The molecule has 0 aromatic heterocycles. The Labute approximate surface area is 125 Å². The van der Waals surface area contributed by atoms with Gasteiger partial charge < -0.3 is 10.2 Å². The van der Waals surface area contributed by atoms with Crippen molar-refractivity contribution in [2.24, 2.45) is 0 Å². The molecule has 2 nitrogen and oxygen atoms in total. The fraction of sp³-hybridized carbons (Fsp3) is 0.625. The molecule has 1 heterocycles. The first kappa shape index (κ1) is 14.9. The van der Waals surface area contributed by atoms with Crippen molar-refractivity contribution in [2.75, 3.05) is 18.0 Å². The molecule has 0 atom stereocenters. The average Bonchev–Trinajstić information content (AvgIpc) is 2.71. The lowest BCUT2D eigenvalue weighted by atomic mass is 10.0. The third kappa shape index (κ3) is 3.51. The fourth-order valence-corrected chi connectivity index (χ4v) is 3.34. The van der Waals surface area contributed by atoms with Gasteiger partial charge in [-0.1, -0.05) is 28.9 Å². The van der Waals surface area contributed by atoms with Gasteiger partial charge in [-0.15, -0.1) is 0 Å². The van der Waals surface area contributed by atoms with Gasteiger partial charge in [-0.25, -0.2) is 0 Å². The van der Waals surface area contributed by atoms with Crippen LogP contribution >= 0.6 is 15.9 Å². The van der Waals surface area contributed by atoms with Crippen molar-refractivity contribution in [3.05, 3.63) is 28.2 Å². The van der Waals surface area contributed by atoms with Crippen molar-refractivity contribution in [1.29, 1.82) is 0 Å². The van der Waals surface area contributed by atoms with Crippen LogP contribution in [0.5, 0.6) is 0 Å². The largest absolute Gasteiger partial charge is 0.366 e. The summed E-state index contributed by atoms with van der Waals surface area (Å²) < 4.78 is 1.22. The smallest absolute Gasteiger partial charge is 0.0382 e. The first-order valence-electron chi connectivity index (χ1n) is 7.31. The van der Waals surface area contributed by atoms with Gasteiger partial charge >= 0.3 is 0 Å². The van der Waals surface area contributed by atoms with Crippen LogP contribution in [0.2, 0.25) is 0 Å². The lowest BCUT2D eigenvalue weighted by molar-refractivity contribution is 0.518. The van der Waals surface area contributed by atoms with Crippen molar-refractivity contribution in [3.63, 3.8) is 0 Å². The van der Waals surface area contributed by atoms with E-state index in [4.69, 9.17) is 0 Å². The molecule has 0 radical (unpaired) electrons. The lowest BCUT2D eigenvalue weighted by Gasteiger charge is -2.34. The number of nitrogens with one attached hydrogen (secondary N) is 1. The zero-order valence-corrected chi connectivity index (χ0v) is 13.9. The maximum Gasteiger partial charge on any atom is 0.0382 e. The van der Waals surface area contributed by atoms with E-state index in [-0.39, 0.29) is 0 Å². The van der Waals surface area contributed by atoms with Crippen molar-refractivity contribution in [2.45, 2.75) is 52.1 Å². The Kier molecular flexibility index (Phi) is 4.91. The van der Waals surface area contributed by atoms with E-state index in [1.165, 1.54) is 41.5 Å². The summed E-state index contributed by atoms with van der Waals surface area (Å²) >= 11 is 3.72. The van der Waals surface area contributed by atoms with E-state index in [9.17, 15) is 0 Å². The average molecular weight is 325 g/mol. The predicted molar refractivity (Wildman–Crippen MR) is 86.8 cm³/mol. The highest BCUT2D eigenvalue weighted by molar-refractivity contribution is 9.10. The zero-order valence-electron chi connectivity index (χ0n) is 12.3. The number of hydrogen-bond donors (Lipinski definition) is 1. The van der Waals surface area contributed by atoms with Gasteiger partial charge in [0.2, 0.25) is 0 Å². The SMILES string of the molecule is CCCNCc1ccc(N2CCCC2(C)C)cc1Br. The molecule has 2 rings (SSSR count). The molecule has 0 saturated carbocycles. The van der Waals surface area contributed by atoms with Crippen LogP contribution in [-0.2, 0) is 6.54 Å². The quantitative estimate of drug-likeness (QED) is 0.811. The summed E-state index contributed by atoms with van der Waals surface area (Å²) in [4.78, 5) is 2.53. The summed E-state index contributed by atoms with van der Waals surface area (Å²) in [6.07, 6.45) is 3.76. The maximum atomic E-state index is 3.72. The number of halogens is 1. The van der Waals surface area contributed by atoms with E-state index in [0.717, 1.165) is 13.1 Å². The van der Waals surface area contributed by atoms with Gasteiger partial charge in [-0.3, -0.25) is 0 Å². The molecule has 0 bridgehead atoms. The Morgan fingerprint density at radius 2 is 2.16 bits per heavy atom. The molecule has 1 saturated heterocycles. The lowest BCUT2D eigenvalue weighted by Crippen LogP contribution is -2.38. The number of benzene rings is 1. The van der Waals surface area contributed by atoms with E-state index in [1.807, 2.05) is 0 Å². The standard InChI is InChI=1S/C16H25BrN2/c1-4-9-18-12-13-6-7-14(11-15(13)17)19-10-5-8-16(19,2)3/h6-7,11,18H,4-5,8-10,12H2,1-3H3. The monoisotopic (exact) mass is 324 g/mol.